The van der Waals surface area contributed by atoms with Crippen LogP contribution in [-0.4, -0.2) is 24.2 Å². The molecule has 1 heterocycles. The van der Waals surface area contributed by atoms with Crippen LogP contribution in [0.5, 0.6) is 11.5 Å². The van der Waals surface area contributed by atoms with Crippen molar-refractivity contribution in [1.82, 2.24) is 9.97 Å². The highest BCUT2D eigenvalue weighted by atomic mass is 79.9. The number of halogens is 1. The number of aromatic nitrogens is 2. The Labute approximate surface area is 108 Å². The first-order valence-corrected chi connectivity index (χ1v) is 5.88. The summed E-state index contributed by atoms with van der Waals surface area (Å²) in [5, 5.41) is 0. The average Bonchev–Trinajstić information content (AvgIpc) is 2.75. The summed E-state index contributed by atoms with van der Waals surface area (Å²) in [4.78, 5) is 7.47. The zero-order chi connectivity index (χ0) is 12.4. The molecule has 0 aliphatic carbocycles. The SMILES string of the molecule is COc1cc(-c2ncc(C)[nH]2)c(OC)cc1Br. The summed E-state index contributed by atoms with van der Waals surface area (Å²) in [6.45, 7) is 1.96. The number of imidazole rings is 1. The van der Waals surface area contributed by atoms with Crippen molar-refractivity contribution in [2.24, 2.45) is 0 Å². The van der Waals surface area contributed by atoms with E-state index in [9.17, 15) is 0 Å². The van der Waals surface area contributed by atoms with E-state index in [2.05, 4.69) is 25.9 Å². The van der Waals surface area contributed by atoms with Gasteiger partial charge < -0.3 is 14.5 Å². The van der Waals surface area contributed by atoms with Crippen molar-refractivity contribution < 1.29 is 9.47 Å². The molecule has 0 amide bonds. The van der Waals surface area contributed by atoms with Gasteiger partial charge in [-0.3, -0.25) is 0 Å². The summed E-state index contributed by atoms with van der Waals surface area (Å²) in [6, 6.07) is 3.76. The number of ether oxygens (including phenoxy) is 2. The van der Waals surface area contributed by atoms with Gasteiger partial charge in [0, 0.05) is 11.9 Å². The number of nitrogens with one attached hydrogen (secondary N) is 1. The second kappa shape index (κ2) is 4.79. The Morgan fingerprint density at radius 2 is 1.88 bits per heavy atom. The number of hydrogen-bond acceptors (Lipinski definition) is 3. The van der Waals surface area contributed by atoms with E-state index in [1.165, 1.54) is 0 Å². The maximum Gasteiger partial charge on any atom is 0.141 e. The highest BCUT2D eigenvalue weighted by Gasteiger charge is 2.13. The first kappa shape index (κ1) is 12.0. The molecule has 1 aromatic heterocycles. The number of methoxy groups -OCH3 is 2. The Bertz CT molecular complexity index is 537. The lowest BCUT2D eigenvalue weighted by atomic mass is 10.2. The van der Waals surface area contributed by atoms with Crippen molar-refractivity contribution in [1.29, 1.82) is 0 Å². The molecule has 4 nitrogen and oxygen atoms in total. The maximum absolute atomic E-state index is 5.34. The van der Waals surface area contributed by atoms with Crippen molar-refractivity contribution >= 4 is 15.9 Å². The lowest BCUT2D eigenvalue weighted by molar-refractivity contribution is 0.402. The van der Waals surface area contributed by atoms with E-state index in [-0.39, 0.29) is 0 Å². The third kappa shape index (κ3) is 2.29. The second-order valence-electron chi connectivity index (χ2n) is 3.60. The van der Waals surface area contributed by atoms with Gasteiger partial charge in [-0.2, -0.15) is 0 Å². The fourth-order valence-corrected chi connectivity index (χ4v) is 2.08. The zero-order valence-electron chi connectivity index (χ0n) is 9.87. The van der Waals surface area contributed by atoms with Crippen molar-refractivity contribution in [3.8, 4) is 22.9 Å². The Morgan fingerprint density at radius 3 is 2.41 bits per heavy atom. The van der Waals surface area contributed by atoms with Gasteiger partial charge in [0.1, 0.15) is 17.3 Å². The average molecular weight is 297 g/mol. The number of aryl methyl sites for hydroxylation is 1. The Hall–Kier alpha value is -1.49. The van der Waals surface area contributed by atoms with Gasteiger partial charge in [-0.1, -0.05) is 0 Å². The van der Waals surface area contributed by atoms with E-state index in [1.807, 2.05) is 19.1 Å². The second-order valence-corrected chi connectivity index (χ2v) is 4.46. The van der Waals surface area contributed by atoms with Gasteiger partial charge in [0.05, 0.1) is 24.3 Å². The normalized spacial score (nSPS) is 10.4. The molecule has 2 rings (SSSR count). The van der Waals surface area contributed by atoms with Gasteiger partial charge in [-0.25, -0.2) is 4.98 Å². The molecule has 0 atom stereocenters. The zero-order valence-corrected chi connectivity index (χ0v) is 11.5. The Morgan fingerprint density at radius 1 is 1.18 bits per heavy atom. The van der Waals surface area contributed by atoms with Crippen LogP contribution < -0.4 is 9.47 Å². The highest BCUT2D eigenvalue weighted by Crippen LogP contribution is 2.37. The van der Waals surface area contributed by atoms with E-state index in [1.54, 1.807) is 20.4 Å². The monoisotopic (exact) mass is 296 g/mol. The van der Waals surface area contributed by atoms with E-state index >= 15 is 0 Å². The third-order valence-corrected chi connectivity index (χ3v) is 3.05. The predicted octanol–water partition coefficient (Wildman–Crippen LogP) is 3.16. The molecule has 0 spiro atoms. The minimum Gasteiger partial charge on any atom is -0.496 e. The van der Waals surface area contributed by atoms with Gasteiger partial charge in [0.2, 0.25) is 0 Å². The van der Waals surface area contributed by atoms with E-state index in [0.717, 1.165) is 33.1 Å². The van der Waals surface area contributed by atoms with Crippen molar-refractivity contribution in [3.63, 3.8) is 0 Å². The fraction of sp³-hybridized carbons (Fsp3) is 0.250. The quantitative estimate of drug-likeness (QED) is 0.946. The first-order chi connectivity index (χ1) is 8.15. The molecule has 2 aromatic rings. The highest BCUT2D eigenvalue weighted by molar-refractivity contribution is 9.10. The van der Waals surface area contributed by atoms with Crippen LogP contribution in [0.1, 0.15) is 5.69 Å². The number of H-pyrrole nitrogens is 1. The van der Waals surface area contributed by atoms with Gasteiger partial charge in [-0.15, -0.1) is 0 Å². The fourth-order valence-electron chi connectivity index (χ4n) is 1.60. The number of nitrogens with zero attached hydrogens (tertiary/aromatic N) is 1. The first-order valence-electron chi connectivity index (χ1n) is 5.09. The molecular formula is C12H13BrN2O2. The molecule has 5 heteroatoms. The predicted molar refractivity (Wildman–Crippen MR) is 69.6 cm³/mol. The lowest BCUT2D eigenvalue weighted by Gasteiger charge is -2.10. The summed E-state index contributed by atoms with van der Waals surface area (Å²) in [6.07, 6.45) is 1.78. The van der Waals surface area contributed by atoms with Crippen molar-refractivity contribution in [3.05, 3.63) is 28.5 Å². The molecule has 0 aliphatic heterocycles. The molecule has 0 saturated heterocycles. The van der Waals surface area contributed by atoms with Gasteiger partial charge >= 0.3 is 0 Å². The molecule has 0 radical (unpaired) electrons. The molecule has 17 heavy (non-hydrogen) atoms. The molecule has 0 aliphatic rings. The van der Waals surface area contributed by atoms with E-state index < -0.39 is 0 Å². The van der Waals surface area contributed by atoms with Gasteiger partial charge in [0.25, 0.3) is 0 Å². The molecule has 1 N–H and O–H groups in total. The van der Waals surface area contributed by atoms with Crippen LogP contribution in [0.25, 0.3) is 11.4 Å². The summed E-state index contributed by atoms with van der Waals surface area (Å²) < 4.78 is 11.5. The van der Waals surface area contributed by atoms with Crippen LogP contribution >= 0.6 is 15.9 Å². The molecule has 90 valence electrons. The van der Waals surface area contributed by atoms with Crippen LogP contribution in [0.2, 0.25) is 0 Å². The van der Waals surface area contributed by atoms with Crippen molar-refractivity contribution in [2.75, 3.05) is 14.2 Å². The standard InChI is InChI=1S/C12H13BrN2O2/c1-7-6-14-12(15-7)8-4-11(17-3)9(13)5-10(8)16-2/h4-6H,1-3H3,(H,14,15). The van der Waals surface area contributed by atoms with Gasteiger partial charge in [-0.05, 0) is 35.0 Å². The van der Waals surface area contributed by atoms with Crippen molar-refractivity contribution in [2.45, 2.75) is 6.92 Å². The van der Waals surface area contributed by atoms with E-state index in [0.29, 0.717) is 0 Å². The number of benzene rings is 1. The summed E-state index contributed by atoms with van der Waals surface area (Å²) in [5.74, 6) is 2.26. The number of rotatable bonds is 3. The molecule has 0 saturated carbocycles. The maximum atomic E-state index is 5.34. The minimum absolute atomic E-state index is 0.743. The third-order valence-electron chi connectivity index (χ3n) is 2.43. The molecule has 1 aromatic carbocycles. The smallest absolute Gasteiger partial charge is 0.141 e. The lowest BCUT2D eigenvalue weighted by Crippen LogP contribution is -1.93. The molecule has 0 fully saturated rings. The minimum atomic E-state index is 0.743. The summed E-state index contributed by atoms with van der Waals surface area (Å²) in [7, 11) is 3.26. The Balaban J connectivity index is 2.58. The van der Waals surface area contributed by atoms with Crippen LogP contribution in [0.15, 0.2) is 22.8 Å². The van der Waals surface area contributed by atoms with Crippen LogP contribution in [0.4, 0.5) is 0 Å². The largest absolute Gasteiger partial charge is 0.496 e. The topological polar surface area (TPSA) is 47.1 Å². The van der Waals surface area contributed by atoms with Gasteiger partial charge in [0.15, 0.2) is 0 Å². The molecule has 0 bridgehead atoms. The molecular weight excluding hydrogens is 284 g/mol. The summed E-state index contributed by atoms with van der Waals surface area (Å²) in [5.41, 5.74) is 1.88. The molecule has 0 unspecified atom stereocenters. The number of aromatic amines is 1. The van der Waals surface area contributed by atoms with Crippen LogP contribution in [-0.2, 0) is 0 Å². The Kier molecular flexibility index (Phi) is 3.38. The van der Waals surface area contributed by atoms with Crippen LogP contribution in [0.3, 0.4) is 0 Å². The number of hydrogen-bond donors (Lipinski definition) is 1. The van der Waals surface area contributed by atoms with Crippen LogP contribution in [0, 0.1) is 6.92 Å². The summed E-state index contributed by atoms with van der Waals surface area (Å²) >= 11 is 3.42. The van der Waals surface area contributed by atoms with E-state index in [4.69, 9.17) is 9.47 Å².